The van der Waals surface area contributed by atoms with Gasteiger partial charge in [-0.15, -0.1) is 0 Å². The van der Waals surface area contributed by atoms with Crippen LogP contribution in [0.4, 0.5) is 0 Å². The molecule has 0 bridgehead atoms. The van der Waals surface area contributed by atoms with Crippen LogP contribution in [-0.2, 0) is 42.7 Å². The smallest absolute Gasteiger partial charge is 0.315 e. The van der Waals surface area contributed by atoms with Crippen LogP contribution in [0.5, 0.6) is 0 Å². The highest BCUT2D eigenvalue weighted by molar-refractivity contribution is 5.79. The lowest BCUT2D eigenvalue weighted by atomic mass is 9.34. The number of carbonyl (C=O) groups is 1. The maximum atomic E-state index is 14.6. The van der Waals surface area contributed by atoms with E-state index in [0.29, 0.717) is 38.5 Å². The van der Waals surface area contributed by atoms with Gasteiger partial charge in [0, 0.05) is 5.92 Å². The number of rotatable bonds is 10. The minimum Gasteiger partial charge on any atom is -0.432 e. The summed E-state index contributed by atoms with van der Waals surface area (Å²) in [6, 6.07) is 0. The van der Waals surface area contributed by atoms with Crippen molar-refractivity contribution < 1.29 is 104 Å². The van der Waals surface area contributed by atoms with Gasteiger partial charge in [0.1, 0.15) is 85.5 Å². The van der Waals surface area contributed by atoms with E-state index in [4.69, 9.17) is 37.9 Å². The van der Waals surface area contributed by atoms with Crippen LogP contribution < -0.4 is 0 Å². The van der Waals surface area contributed by atoms with Crippen molar-refractivity contribution in [3.05, 3.63) is 23.8 Å². The summed E-state index contributed by atoms with van der Waals surface area (Å²) in [7, 11) is 0. The van der Waals surface area contributed by atoms with Crippen molar-refractivity contribution >= 4 is 5.97 Å². The molecule has 4 saturated heterocycles. The first-order valence-corrected chi connectivity index (χ1v) is 26.4. The van der Waals surface area contributed by atoms with Gasteiger partial charge in [-0.3, -0.25) is 4.79 Å². The Morgan fingerprint density at radius 2 is 1.29 bits per heavy atom. The second-order valence-electron chi connectivity index (χ2n) is 24.4. The van der Waals surface area contributed by atoms with E-state index in [1.165, 1.54) is 12.5 Å². The highest BCUT2D eigenvalue weighted by Crippen LogP contribution is 2.75. The summed E-state index contributed by atoms with van der Waals surface area (Å²) >= 11 is 0. The number of hydrogen-bond donors (Lipinski definition) is 12. The summed E-state index contributed by atoms with van der Waals surface area (Å²) < 4.78 is 47.7. The monoisotopic (exact) mass is 1040 g/mol. The van der Waals surface area contributed by atoms with E-state index in [-0.39, 0.29) is 40.6 Å². The Hall–Kier alpha value is -1.81. The normalized spacial score (nSPS) is 54.0. The van der Waals surface area contributed by atoms with Gasteiger partial charge in [0.05, 0.1) is 37.4 Å². The van der Waals surface area contributed by atoms with Crippen molar-refractivity contribution in [2.24, 2.45) is 44.8 Å². The molecule has 8 fully saturated rings. The first kappa shape index (κ1) is 55.9. The highest BCUT2D eigenvalue weighted by Gasteiger charge is 2.70. The lowest BCUT2D eigenvalue weighted by Crippen LogP contribution is -2.66. The predicted molar refractivity (Wildman–Crippen MR) is 251 cm³/mol. The van der Waals surface area contributed by atoms with Gasteiger partial charge in [0.15, 0.2) is 18.9 Å². The molecule has 21 nitrogen and oxygen atoms in total. The largest absolute Gasteiger partial charge is 0.432 e. The summed E-state index contributed by atoms with van der Waals surface area (Å²) in [5, 5.41) is 128. The number of fused-ring (bicyclic) bond motifs is 7. The SMILES string of the molecule is C=C1CC[C@]2(C(=O)O[C@@H]3O[C@H](CO)[C@@H](O)[C@H](O)C3O)CC[C@]3(C)C(=CC[C@@H]4[C@@]5(C)CC[C@H](O[C@@H]6OC[C@@H](O)[C@H](O[C@@H]7O[C@H](CO)[C@@H](O)[C@H](O)[C@H]7O[C@@H]7O[C@@H](C)[C@H](O)[C@@H](O)[C@H]7O)[C@H]6O)C(C)(C)[C@@H]5CC[C@]43C)[C@@H]2C1. The quantitative estimate of drug-likeness (QED) is 0.0721. The summed E-state index contributed by atoms with van der Waals surface area (Å²) in [4.78, 5) is 14.6. The third kappa shape index (κ3) is 9.02. The molecule has 4 aliphatic heterocycles. The molecule has 4 saturated carbocycles. The van der Waals surface area contributed by atoms with Gasteiger partial charge in [-0.25, -0.2) is 0 Å². The molecule has 9 aliphatic rings. The summed E-state index contributed by atoms with van der Waals surface area (Å²) in [5.41, 5.74) is 0.247. The van der Waals surface area contributed by atoms with E-state index in [1.54, 1.807) is 0 Å². The molecule has 0 aromatic heterocycles. The van der Waals surface area contributed by atoms with Gasteiger partial charge in [0.2, 0.25) is 6.29 Å². The summed E-state index contributed by atoms with van der Waals surface area (Å²) in [5.74, 6) is -0.338. The van der Waals surface area contributed by atoms with Crippen molar-refractivity contribution in [3.63, 3.8) is 0 Å². The molecule has 1 unspecified atom stereocenters. The molecule has 9 rings (SSSR count). The molecule has 0 spiro atoms. The third-order valence-corrected chi connectivity index (χ3v) is 20.4. The zero-order chi connectivity index (χ0) is 53.1. The van der Waals surface area contributed by atoms with E-state index in [9.17, 15) is 66.1 Å². The van der Waals surface area contributed by atoms with E-state index in [0.717, 1.165) is 31.3 Å². The maximum absolute atomic E-state index is 14.6. The highest BCUT2D eigenvalue weighted by atomic mass is 16.8. The van der Waals surface area contributed by atoms with Crippen molar-refractivity contribution in [3.8, 4) is 0 Å². The summed E-state index contributed by atoms with van der Waals surface area (Å²) in [6.07, 6.45) is -20.5. The molecule has 5 aliphatic carbocycles. The zero-order valence-corrected chi connectivity index (χ0v) is 42.8. The minimum absolute atomic E-state index is 0.161. The first-order valence-electron chi connectivity index (χ1n) is 26.4. The lowest BCUT2D eigenvalue weighted by Gasteiger charge is -2.71. The number of allylic oxidation sites excluding steroid dienone is 3. The molecule has 0 radical (unpaired) electrons. The van der Waals surface area contributed by atoms with E-state index in [1.807, 2.05) is 0 Å². The lowest BCUT2D eigenvalue weighted by molar-refractivity contribution is -0.385. The summed E-state index contributed by atoms with van der Waals surface area (Å²) in [6.45, 7) is 15.7. The first-order chi connectivity index (χ1) is 34.3. The molecule has 0 aromatic rings. The molecule has 0 amide bonds. The Bertz CT molecular complexity index is 2040. The second-order valence-corrected chi connectivity index (χ2v) is 24.4. The molecule has 27 atom stereocenters. The standard InChI is InChI=1S/C52H82O21/c1-22-10-15-52(47(65)73-45-39(63)36(60)33(57)27(19-53)68-45)17-16-50(6)24(25(52)18-22)8-9-30-49(5)13-12-31(48(3,4)29(49)11-14-51(30,50)7)70-43-40(64)41(26(55)21-66-43)71-46-42(37(61)34(58)28(20-54)69-46)72-44-38(62)35(59)32(56)23(2)67-44/h8,23,25-46,53-64H,1,9-21H2,2-7H3/t23-,25-,26+,27+,28+,29-,30+,31-,32-,33+,34+,35+,36-,37-,38+,39?,40+,41-,42+,43-,44-,45-,46-,49-,50+,51+,52-/m0/s1. The molecular weight excluding hydrogens is 961 g/mol. The molecule has 12 N–H and O–H groups in total. The molecular formula is C52H82O21. The number of hydrogen-bond acceptors (Lipinski definition) is 21. The molecule has 21 heteroatoms. The molecule has 0 aromatic carbocycles. The van der Waals surface area contributed by atoms with Gasteiger partial charge >= 0.3 is 5.97 Å². The fourth-order valence-corrected chi connectivity index (χ4v) is 15.8. The minimum atomic E-state index is -1.81. The van der Waals surface area contributed by atoms with Crippen molar-refractivity contribution in [1.82, 2.24) is 0 Å². The van der Waals surface area contributed by atoms with Gasteiger partial charge in [-0.05, 0) is 105 Å². The van der Waals surface area contributed by atoms with Gasteiger partial charge in [0.25, 0.3) is 0 Å². The van der Waals surface area contributed by atoms with Gasteiger partial charge < -0.3 is 99.2 Å². The number of carbonyl (C=O) groups excluding carboxylic acids is 1. The fraction of sp³-hybridized carbons (Fsp3) is 0.904. The van der Waals surface area contributed by atoms with Crippen LogP contribution in [0.2, 0.25) is 0 Å². The van der Waals surface area contributed by atoms with Crippen LogP contribution in [0, 0.1) is 44.8 Å². The maximum Gasteiger partial charge on any atom is 0.315 e. The zero-order valence-electron chi connectivity index (χ0n) is 42.8. The van der Waals surface area contributed by atoms with Crippen LogP contribution in [0.15, 0.2) is 23.8 Å². The van der Waals surface area contributed by atoms with Crippen LogP contribution >= 0.6 is 0 Å². The number of ether oxygens (including phenoxy) is 8. The van der Waals surface area contributed by atoms with Crippen LogP contribution in [0.1, 0.15) is 106 Å². The van der Waals surface area contributed by atoms with Gasteiger partial charge in [-0.2, -0.15) is 0 Å². The van der Waals surface area contributed by atoms with E-state index < -0.39 is 153 Å². The Kier molecular flexibility index (Phi) is 15.7. The Balaban J connectivity index is 0.908. The van der Waals surface area contributed by atoms with E-state index >= 15 is 0 Å². The topological polar surface area (TPSA) is 334 Å². The van der Waals surface area contributed by atoms with Crippen LogP contribution in [0.25, 0.3) is 0 Å². The number of aliphatic hydroxyl groups is 12. The number of aliphatic hydroxyl groups excluding tert-OH is 12. The average molecular weight is 1040 g/mol. The molecule has 416 valence electrons. The van der Waals surface area contributed by atoms with Gasteiger partial charge in [-0.1, -0.05) is 58.4 Å². The number of esters is 1. The Morgan fingerprint density at radius 1 is 0.658 bits per heavy atom. The fourth-order valence-electron chi connectivity index (χ4n) is 15.8. The van der Waals surface area contributed by atoms with Crippen molar-refractivity contribution in [2.75, 3.05) is 19.8 Å². The van der Waals surface area contributed by atoms with Crippen molar-refractivity contribution in [1.29, 1.82) is 0 Å². The van der Waals surface area contributed by atoms with Crippen LogP contribution in [0.3, 0.4) is 0 Å². The molecule has 73 heavy (non-hydrogen) atoms. The second kappa shape index (κ2) is 20.4. The van der Waals surface area contributed by atoms with E-state index in [2.05, 4.69) is 47.3 Å². The molecule has 4 heterocycles. The Labute approximate surface area is 426 Å². The third-order valence-electron chi connectivity index (χ3n) is 20.4. The predicted octanol–water partition coefficient (Wildman–Crippen LogP) is -0.839. The average Bonchev–Trinajstić information content (AvgIpc) is 3.35. The van der Waals surface area contributed by atoms with Crippen LogP contribution in [-0.4, -0.2) is 210 Å². The Morgan fingerprint density at radius 3 is 1.97 bits per heavy atom. The van der Waals surface area contributed by atoms with Crippen molar-refractivity contribution in [2.45, 2.75) is 229 Å².